The number of amides is 1. The van der Waals surface area contributed by atoms with Crippen LogP contribution in [-0.4, -0.2) is 44.1 Å². The highest BCUT2D eigenvalue weighted by molar-refractivity contribution is 8.00. The minimum absolute atomic E-state index is 0.136. The minimum atomic E-state index is -0.372. The Labute approximate surface area is 175 Å². The van der Waals surface area contributed by atoms with Crippen molar-refractivity contribution in [2.75, 3.05) is 13.1 Å². The highest BCUT2D eigenvalue weighted by Crippen LogP contribution is 2.37. The topological polar surface area (TPSA) is 63.9 Å². The van der Waals surface area contributed by atoms with Crippen molar-refractivity contribution in [3.05, 3.63) is 65.2 Å². The van der Waals surface area contributed by atoms with Crippen LogP contribution in [0, 0.1) is 13.8 Å². The summed E-state index contributed by atoms with van der Waals surface area (Å²) in [5.74, 6) is 0.136. The third-order valence-electron chi connectivity index (χ3n) is 5.31. The van der Waals surface area contributed by atoms with Crippen LogP contribution in [0.25, 0.3) is 5.69 Å². The van der Waals surface area contributed by atoms with E-state index in [1.54, 1.807) is 4.68 Å². The van der Waals surface area contributed by atoms with Gasteiger partial charge >= 0.3 is 0 Å². The highest BCUT2D eigenvalue weighted by atomic mass is 32.2. The number of benzene rings is 2. The SMILES string of the molecule is Cc1cccc(C)c1-n1nnnc1S[C@H](C(=O)N1CCCCC1)c1ccccc1. The Balaban J connectivity index is 1.69. The van der Waals surface area contributed by atoms with Crippen molar-refractivity contribution in [2.45, 2.75) is 43.5 Å². The maximum atomic E-state index is 13.4. The molecule has 0 radical (unpaired) electrons. The Morgan fingerprint density at radius 3 is 2.34 bits per heavy atom. The van der Waals surface area contributed by atoms with E-state index in [0.29, 0.717) is 5.16 Å². The van der Waals surface area contributed by atoms with Crippen LogP contribution in [0.4, 0.5) is 0 Å². The third-order valence-corrected chi connectivity index (χ3v) is 6.48. The number of carbonyl (C=O) groups excluding carboxylic acids is 1. The van der Waals surface area contributed by atoms with Crippen LogP contribution >= 0.6 is 11.8 Å². The molecule has 1 atom stereocenters. The van der Waals surface area contributed by atoms with E-state index in [4.69, 9.17) is 0 Å². The molecule has 1 aliphatic heterocycles. The van der Waals surface area contributed by atoms with Crippen LogP contribution in [0.1, 0.15) is 41.2 Å². The smallest absolute Gasteiger partial charge is 0.240 e. The molecule has 0 spiro atoms. The van der Waals surface area contributed by atoms with E-state index in [1.165, 1.54) is 18.2 Å². The van der Waals surface area contributed by atoms with E-state index in [-0.39, 0.29) is 11.2 Å². The second-order valence-corrected chi connectivity index (χ2v) is 8.48. The fourth-order valence-corrected chi connectivity index (χ4v) is 4.87. The zero-order valence-electron chi connectivity index (χ0n) is 16.8. The lowest BCUT2D eigenvalue weighted by atomic mass is 10.1. The van der Waals surface area contributed by atoms with E-state index in [1.807, 2.05) is 67.3 Å². The molecule has 0 unspecified atom stereocenters. The summed E-state index contributed by atoms with van der Waals surface area (Å²) in [6, 6.07) is 16.1. The van der Waals surface area contributed by atoms with Crippen molar-refractivity contribution in [2.24, 2.45) is 0 Å². The standard InChI is InChI=1S/C22H25N5OS/c1-16-10-9-11-17(2)19(16)27-22(23-24-25-27)29-20(18-12-5-3-6-13-18)21(28)26-14-7-4-8-15-26/h3,5-6,9-13,20H,4,7-8,14-15H2,1-2H3/t20-/m0/s1. The number of thioether (sulfide) groups is 1. The molecular formula is C22H25N5OS. The lowest BCUT2D eigenvalue weighted by Crippen LogP contribution is -2.38. The molecule has 29 heavy (non-hydrogen) atoms. The lowest BCUT2D eigenvalue weighted by molar-refractivity contribution is -0.131. The monoisotopic (exact) mass is 407 g/mol. The number of hydrogen-bond acceptors (Lipinski definition) is 5. The molecule has 7 heteroatoms. The van der Waals surface area contributed by atoms with Gasteiger partial charge in [0.2, 0.25) is 11.1 Å². The molecule has 3 aromatic rings. The second kappa shape index (κ2) is 8.78. The summed E-state index contributed by atoms with van der Waals surface area (Å²) in [6.45, 7) is 5.74. The Morgan fingerprint density at radius 2 is 1.66 bits per heavy atom. The molecule has 6 nitrogen and oxygen atoms in total. The molecule has 1 amide bonds. The van der Waals surface area contributed by atoms with Crippen molar-refractivity contribution < 1.29 is 4.79 Å². The van der Waals surface area contributed by atoms with Crippen LogP contribution < -0.4 is 0 Å². The Kier molecular flexibility index (Phi) is 5.94. The van der Waals surface area contributed by atoms with E-state index in [0.717, 1.165) is 48.3 Å². The van der Waals surface area contributed by atoms with Crippen molar-refractivity contribution in [1.82, 2.24) is 25.1 Å². The maximum absolute atomic E-state index is 13.4. The summed E-state index contributed by atoms with van der Waals surface area (Å²) >= 11 is 1.42. The summed E-state index contributed by atoms with van der Waals surface area (Å²) in [5.41, 5.74) is 4.14. The molecule has 1 saturated heterocycles. The second-order valence-electron chi connectivity index (χ2n) is 7.41. The molecule has 0 saturated carbocycles. The zero-order valence-corrected chi connectivity index (χ0v) is 17.6. The van der Waals surface area contributed by atoms with Gasteiger partial charge in [0.05, 0.1) is 5.69 Å². The van der Waals surface area contributed by atoms with Gasteiger partial charge in [0.25, 0.3) is 0 Å². The molecule has 0 N–H and O–H groups in total. The number of para-hydroxylation sites is 1. The normalized spacial score (nSPS) is 15.3. The Hall–Kier alpha value is -2.67. The summed E-state index contributed by atoms with van der Waals surface area (Å²) in [5, 5.41) is 12.7. The number of aromatic nitrogens is 4. The van der Waals surface area contributed by atoms with E-state index < -0.39 is 0 Å². The highest BCUT2D eigenvalue weighted by Gasteiger charge is 2.30. The van der Waals surface area contributed by atoms with Crippen molar-refractivity contribution in [1.29, 1.82) is 0 Å². The minimum Gasteiger partial charge on any atom is -0.341 e. The van der Waals surface area contributed by atoms with E-state index >= 15 is 0 Å². The van der Waals surface area contributed by atoms with Gasteiger partial charge in [-0.05, 0) is 60.2 Å². The first-order chi connectivity index (χ1) is 14.1. The van der Waals surface area contributed by atoms with E-state index in [9.17, 15) is 4.79 Å². The molecule has 150 valence electrons. The molecule has 2 aromatic carbocycles. The number of rotatable bonds is 5. The number of hydrogen-bond donors (Lipinski definition) is 0. The maximum Gasteiger partial charge on any atom is 0.240 e. The van der Waals surface area contributed by atoms with Gasteiger partial charge in [-0.1, -0.05) is 60.3 Å². The van der Waals surface area contributed by atoms with Crippen molar-refractivity contribution in [3.8, 4) is 5.69 Å². The predicted molar refractivity (Wildman–Crippen MR) is 114 cm³/mol. The first-order valence-corrected chi connectivity index (χ1v) is 10.9. The average Bonchev–Trinajstić information content (AvgIpc) is 3.20. The number of piperidine rings is 1. The molecule has 2 heterocycles. The Bertz CT molecular complexity index is 962. The summed E-state index contributed by atoms with van der Waals surface area (Å²) in [4.78, 5) is 15.4. The molecule has 0 aliphatic carbocycles. The van der Waals surface area contributed by atoms with Crippen LogP contribution in [0.15, 0.2) is 53.7 Å². The molecule has 0 bridgehead atoms. The largest absolute Gasteiger partial charge is 0.341 e. The van der Waals surface area contributed by atoms with Gasteiger partial charge < -0.3 is 4.90 Å². The van der Waals surface area contributed by atoms with Crippen LogP contribution in [0.3, 0.4) is 0 Å². The van der Waals surface area contributed by atoms with Gasteiger partial charge in [0.15, 0.2) is 0 Å². The van der Waals surface area contributed by atoms with Crippen molar-refractivity contribution >= 4 is 17.7 Å². The number of aryl methyl sites for hydroxylation is 2. The third kappa shape index (κ3) is 4.19. The fraction of sp³-hybridized carbons (Fsp3) is 0.364. The molecule has 1 aliphatic rings. The Morgan fingerprint density at radius 1 is 0.966 bits per heavy atom. The van der Waals surface area contributed by atoms with Gasteiger partial charge in [0, 0.05) is 13.1 Å². The lowest BCUT2D eigenvalue weighted by Gasteiger charge is -2.30. The predicted octanol–water partition coefficient (Wildman–Crippen LogP) is 4.13. The van der Waals surface area contributed by atoms with Gasteiger partial charge in [-0.2, -0.15) is 4.68 Å². The van der Waals surface area contributed by atoms with Gasteiger partial charge in [-0.3, -0.25) is 4.79 Å². The van der Waals surface area contributed by atoms with Crippen LogP contribution in [0.2, 0.25) is 0 Å². The number of carbonyl (C=O) groups is 1. The molecule has 4 rings (SSSR count). The van der Waals surface area contributed by atoms with Crippen LogP contribution in [0.5, 0.6) is 0 Å². The van der Waals surface area contributed by atoms with Gasteiger partial charge in [-0.25, -0.2) is 0 Å². The van der Waals surface area contributed by atoms with Crippen molar-refractivity contribution in [3.63, 3.8) is 0 Å². The molecule has 1 fully saturated rings. The van der Waals surface area contributed by atoms with Gasteiger partial charge in [0.1, 0.15) is 5.25 Å². The first kappa shape index (κ1) is 19.6. The fourth-order valence-electron chi connectivity index (χ4n) is 3.81. The number of likely N-dealkylation sites (tertiary alicyclic amines) is 1. The quantitative estimate of drug-likeness (QED) is 0.595. The number of tetrazole rings is 1. The summed E-state index contributed by atoms with van der Waals surface area (Å²) in [6.07, 6.45) is 3.33. The van der Waals surface area contributed by atoms with Gasteiger partial charge in [-0.15, -0.1) is 5.10 Å². The van der Waals surface area contributed by atoms with E-state index in [2.05, 4.69) is 15.5 Å². The number of nitrogens with zero attached hydrogens (tertiary/aromatic N) is 5. The summed E-state index contributed by atoms with van der Waals surface area (Å²) < 4.78 is 1.76. The van der Waals surface area contributed by atoms with Crippen LogP contribution in [-0.2, 0) is 4.79 Å². The first-order valence-electron chi connectivity index (χ1n) is 10.0. The average molecular weight is 408 g/mol. The summed E-state index contributed by atoms with van der Waals surface area (Å²) in [7, 11) is 0. The molecule has 1 aromatic heterocycles. The molecular weight excluding hydrogens is 382 g/mol. The zero-order chi connectivity index (χ0) is 20.2.